The lowest BCUT2D eigenvalue weighted by atomic mass is 9.92. The number of likely N-dealkylation sites (N-methyl/N-ethyl adjacent to an activating group) is 1. The molecule has 37 heavy (non-hydrogen) atoms. The van der Waals surface area contributed by atoms with Crippen molar-refractivity contribution in [2.24, 2.45) is 0 Å². The van der Waals surface area contributed by atoms with Gasteiger partial charge in [-0.3, -0.25) is 19.4 Å². The third-order valence-corrected chi connectivity index (χ3v) is 6.76. The molecule has 0 aliphatic carbocycles. The zero-order chi connectivity index (χ0) is 26.4. The molecule has 0 atom stereocenters. The van der Waals surface area contributed by atoms with Gasteiger partial charge >= 0.3 is 11.9 Å². The van der Waals surface area contributed by atoms with Crippen LogP contribution in [0.15, 0.2) is 60.7 Å². The molecule has 8 heteroatoms. The molecule has 1 fully saturated rings. The van der Waals surface area contributed by atoms with E-state index >= 15 is 0 Å². The van der Waals surface area contributed by atoms with Crippen LogP contribution in [0.25, 0.3) is 21.9 Å². The minimum Gasteiger partial charge on any atom is -0.481 e. The SMILES string of the molecule is CN(C)C(=O)CN1CCN(CCOC(=O)c2ccc(-c3ccc4ccccc4c3CC(=O)O)cc2)CC1. The lowest BCUT2D eigenvalue weighted by Crippen LogP contribution is -2.49. The molecule has 0 spiro atoms. The van der Waals surface area contributed by atoms with Gasteiger partial charge in [0.25, 0.3) is 0 Å². The van der Waals surface area contributed by atoms with E-state index in [4.69, 9.17) is 4.74 Å². The van der Waals surface area contributed by atoms with Gasteiger partial charge in [0.1, 0.15) is 6.61 Å². The molecule has 4 rings (SSSR count). The molecule has 1 saturated heterocycles. The Balaban J connectivity index is 1.33. The fraction of sp³-hybridized carbons (Fsp3) is 0.345. The van der Waals surface area contributed by atoms with Crippen molar-refractivity contribution in [1.29, 1.82) is 0 Å². The molecule has 1 amide bonds. The molecular formula is C29H33N3O5. The number of carboxylic acid groups (broad SMARTS) is 1. The van der Waals surface area contributed by atoms with Gasteiger partial charge in [-0.2, -0.15) is 0 Å². The number of carbonyl (C=O) groups is 3. The number of ether oxygens (including phenoxy) is 1. The third-order valence-electron chi connectivity index (χ3n) is 6.76. The number of rotatable bonds is 9. The second-order valence-electron chi connectivity index (χ2n) is 9.50. The molecule has 1 N–H and O–H groups in total. The van der Waals surface area contributed by atoms with Crippen LogP contribution in [-0.2, 0) is 20.7 Å². The summed E-state index contributed by atoms with van der Waals surface area (Å²) in [5.41, 5.74) is 2.90. The highest BCUT2D eigenvalue weighted by atomic mass is 16.5. The van der Waals surface area contributed by atoms with E-state index in [0.717, 1.165) is 53.6 Å². The number of amides is 1. The zero-order valence-corrected chi connectivity index (χ0v) is 21.4. The van der Waals surface area contributed by atoms with Crippen LogP contribution in [0.2, 0.25) is 0 Å². The Morgan fingerprint density at radius 3 is 2.24 bits per heavy atom. The van der Waals surface area contributed by atoms with E-state index in [-0.39, 0.29) is 18.3 Å². The summed E-state index contributed by atoms with van der Waals surface area (Å²) in [6, 6.07) is 18.8. The molecule has 8 nitrogen and oxygen atoms in total. The Hall–Kier alpha value is -3.75. The first-order valence-corrected chi connectivity index (χ1v) is 12.5. The van der Waals surface area contributed by atoms with E-state index in [1.165, 1.54) is 0 Å². The first-order valence-electron chi connectivity index (χ1n) is 12.5. The number of nitrogens with zero attached hydrogens (tertiary/aromatic N) is 3. The van der Waals surface area contributed by atoms with Crippen LogP contribution < -0.4 is 0 Å². The summed E-state index contributed by atoms with van der Waals surface area (Å²) in [5.74, 6) is -1.17. The zero-order valence-electron chi connectivity index (χ0n) is 21.4. The standard InChI is InChI=1S/C29H33N3O5/c1-30(2)27(33)20-32-15-13-31(14-16-32)17-18-37-29(36)23-9-7-22(8-10-23)25-12-11-21-5-3-4-6-24(21)26(25)19-28(34)35/h3-12H,13-20H2,1-2H3,(H,34,35). The molecule has 3 aromatic carbocycles. The number of benzene rings is 3. The highest BCUT2D eigenvalue weighted by Crippen LogP contribution is 2.31. The molecule has 1 aliphatic rings. The molecule has 1 heterocycles. The van der Waals surface area contributed by atoms with Crippen LogP contribution in [-0.4, -0.2) is 97.6 Å². The number of carboxylic acids is 1. The summed E-state index contributed by atoms with van der Waals surface area (Å²) in [6.45, 7) is 4.67. The van der Waals surface area contributed by atoms with Crippen molar-refractivity contribution < 1.29 is 24.2 Å². The molecule has 0 unspecified atom stereocenters. The molecule has 1 aliphatic heterocycles. The highest BCUT2D eigenvalue weighted by Gasteiger charge is 2.20. The maximum Gasteiger partial charge on any atom is 0.338 e. The Bertz CT molecular complexity index is 1260. The third kappa shape index (κ3) is 6.72. The van der Waals surface area contributed by atoms with Crippen molar-refractivity contribution >= 4 is 28.6 Å². The van der Waals surface area contributed by atoms with Crippen molar-refractivity contribution in [3.05, 3.63) is 71.8 Å². The maximum atomic E-state index is 12.6. The van der Waals surface area contributed by atoms with Gasteiger partial charge in [-0.1, -0.05) is 48.5 Å². The Morgan fingerprint density at radius 1 is 0.892 bits per heavy atom. The van der Waals surface area contributed by atoms with E-state index in [1.807, 2.05) is 48.5 Å². The number of fused-ring (bicyclic) bond motifs is 1. The monoisotopic (exact) mass is 503 g/mol. The molecule has 3 aromatic rings. The number of piperazine rings is 1. The van der Waals surface area contributed by atoms with Gasteiger partial charge in [-0.15, -0.1) is 0 Å². The number of hydrogen-bond acceptors (Lipinski definition) is 6. The Morgan fingerprint density at radius 2 is 1.57 bits per heavy atom. The van der Waals surface area contributed by atoms with Gasteiger partial charge in [0, 0.05) is 46.8 Å². The van der Waals surface area contributed by atoms with Gasteiger partial charge in [0.15, 0.2) is 0 Å². The normalized spacial score (nSPS) is 14.4. The van der Waals surface area contributed by atoms with Gasteiger partial charge < -0.3 is 14.7 Å². The van der Waals surface area contributed by atoms with Crippen LogP contribution in [0.3, 0.4) is 0 Å². The molecule has 0 aromatic heterocycles. The van der Waals surface area contributed by atoms with Crippen molar-refractivity contribution in [2.45, 2.75) is 6.42 Å². The average molecular weight is 504 g/mol. The summed E-state index contributed by atoms with van der Waals surface area (Å²) in [4.78, 5) is 42.0. The molecule has 0 radical (unpaired) electrons. The Kier molecular flexibility index (Phi) is 8.53. The van der Waals surface area contributed by atoms with Gasteiger partial charge in [0.05, 0.1) is 18.5 Å². The lowest BCUT2D eigenvalue weighted by molar-refractivity contribution is -0.136. The summed E-state index contributed by atoms with van der Waals surface area (Å²) in [5, 5.41) is 11.4. The van der Waals surface area contributed by atoms with Crippen molar-refractivity contribution in [3.63, 3.8) is 0 Å². The summed E-state index contributed by atoms with van der Waals surface area (Å²) < 4.78 is 5.50. The van der Waals surface area contributed by atoms with E-state index in [1.54, 1.807) is 31.1 Å². The van der Waals surface area contributed by atoms with Crippen molar-refractivity contribution in [1.82, 2.24) is 14.7 Å². The first-order chi connectivity index (χ1) is 17.8. The molecule has 0 saturated carbocycles. The minimum absolute atomic E-state index is 0.0826. The van der Waals surface area contributed by atoms with Crippen LogP contribution in [0.5, 0.6) is 0 Å². The van der Waals surface area contributed by atoms with Gasteiger partial charge in [-0.05, 0) is 39.6 Å². The minimum atomic E-state index is -0.888. The van der Waals surface area contributed by atoms with Crippen LogP contribution in [0.4, 0.5) is 0 Å². The number of hydrogen-bond donors (Lipinski definition) is 1. The van der Waals surface area contributed by atoms with Crippen molar-refractivity contribution in [3.8, 4) is 11.1 Å². The Labute approximate surface area is 217 Å². The van der Waals surface area contributed by atoms with Crippen molar-refractivity contribution in [2.75, 3.05) is 60.0 Å². The summed E-state index contributed by atoms with van der Waals surface area (Å²) in [6.07, 6.45) is -0.0826. The van der Waals surface area contributed by atoms with Gasteiger partial charge in [-0.25, -0.2) is 4.79 Å². The van der Waals surface area contributed by atoms with E-state index in [9.17, 15) is 19.5 Å². The largest absolute Gasteiger partial charge is 0.481 e. The van der Waals surface area contributed by atoms with Crippen LogP contribution in [0.1, 0.15) is 15.9 Å². The smallest absolute Gasteiger partial charge is 0.338 e. The molecular weight excluding hydrogens is 470 g/mol. The average Bonchev–Trinajstić information content (AvgIpc) is 2.89. The molecule has 0 bridgehead atoms. The van der Waals surface area contributed by atoms with E-state index in [2.05, 4.69) is 9.80 Å². The van der Waals surface area contributed by atoms with E-state index < -0.39 is 5.97 Å². The van der Waals surface area contributed by atoms with Crippen LogP contribution >= 0.6 is 0 Å². The second kappa shape index (κ2) is 12.0. The van der Waals surface area contributed by atoms with E-state index in [0.29, 0.717) is 25.3 Å². The number of esters is 1. The highest BCUT2D eigenvalue weighted by molar-refractivity contribution is 5.95. The second-order valence-corrected chi connectivity index (χ2v) is 9.50. The number of carbonyl (C=O) groups excluding carboxylic acids is 2. The maximum absolute atomic E-state index is 12.6. The lowest BCUT2D eigenvalue weighted by Gasteiger charge is -2.34. The molecule has 194 valence electrons. The predicted octanol–water partition coefficient (Wildman–Crippen LogP) is 3.00. The fourth-order valence-corrected chi connectivity index (χ4v) is 4.59. The predicted molar refractivity (Wildman–Crippen MR) is 143 cm³/mol. The fourth-order valence-electron chi connectivity index (χ4n) is 4.59. The number of aliphatic carboxylic acids is 1. The van der Waals surface area contributed by atoms with Crippen LogP contribution in [0, 0.1) is 0 Å². The summed E-state index contributed by atoms with van der Waals surface area (Å²) in [7, 11) is 3.53. The first kappa shape index (κ1) is 26.3. The topological polar surface area (TPSA) is 90.4 Å². The summed E-state index contributed by atoms with van der Waals surface area (Å²) >= 11 is 0. The quantitative estimate of drug-likeness (QED) is 0.449. The van der Waals surface area contributed by atoms with Gasteiger partial charge in [0.2, 0.25) is 5.91 Å².